The van der Waals surface area contributed by atoms with Crippen molar-refractivity contribution in [3.8, 4) is 0 Å². The van der Waals surface area contributed by atoms with Gasteiger partial charge in [-0.05, 0) is 24.2 Å². The Labute approximate surface area is 121 Å². The van der Waals surface area contributed by atoms with Gasteiger partial charge in [0.15, 0.2) is 14.1 Å². The highest BCUT2D eigenvalue weighted by Gasteiger charge is 2.36. The predicted octanol–water partition coefficient (Wildman–Crippen LogP) is 2.36. The zero-order chi connectivity index (χ0) is 15.6. The van der Waals surface area contributed by atoms with E-state index < -0.39 is 18.3 Å². The SMILES string of the molecule is CC(C)(C)[Si](C)(C)OC/C=C\c1cc(S(N)(=O)=O)no1. The molecule has 0 unspecified atom stereocenters. The molecule has 0 atom stereocenters. The monoisotopic (exact) mass is 318 g/mol. The van der Waals surface area contributed by atoms with Gasteiger partial charge in [0.2, 0.25) is 5.03 Å². The van der Waals surface area contributed by atoms with Crippen LogP contribution in [0.4, 0.5) is 0 Å². The van der Waals surface area contributed by atoms with Gasteiger partial charge in [-0.25, -0.2) is 13.6 Å². The summed E-state index contributed by atoms with van der Waals surface area (Å²) in [5.74, 6) is 0.327. The number of nitrogens with zero attached hydrogens (tertiary/aromatic N) is 1. The first-order chi connectivity index (χ1) is 8.93. The van der Waals surface area contributed by atoms with Gasteiger partial charge in [0.25, 0.3) is 10.0 Å². The van der Waals surface area contributed by atoms with Crippen LogP contribution in [0.2, 0.25) is 18.1 Å². The molecule has 1 rings (SSSR count). The molecule has 1 heterocycles. The Morgan fingerprint density at radius 2 is 2.05 bits per heavy atom. The largest absolute Gasteiger partial charge is 0.413 e. The van der Waals surface area contributed by atoms with E-state index in [-0.39, 0.29) is 10.1 Å². The highest BCUT2D eigenvalue weighted by atomic mass is 32.2. The second kappa shape index (κ2) is 5.80. The Kier molecular flexibility index (Phi) is 4.96. The Hall–Kier alpha value is -0.963. The summed E-state index contributed by atoms with van der Waals surface area (Å²) < 4.78 is 32.8. The molecule has 0 radical (unpaired) electrons. The van der Waals surface area contributed by atoms with Gasteiger partial charge in [0.05, 0.1) is 6.61 Å². The molecule has 8 heteroatoms. The maximum absolute atomic E-state index is 11.0. The van der Waals surface area contributed by atoms with Crippen molar-refractivity contribution in [2.75, 3.05) is 6.61 Å². The van der Waals surface area contributed by atoms with Gasteiger partial charge in [-0.3, -0.25) is 0 Å². The maximum atomic E-state index is 11.0. The molecule has 1 aromatic heterocycles. The Morgan fingerprint density at radius 3 is 2.50 bits per heavy atom. The van der Waals surface area contributed by atoms with Crippen LogP contribution in [-0.2, 0) is 14.4 Å². The third-order valence-electron chi connectivity index (χ3n) is 3.43. The van der Waals surface area contributed by atoms with E-state index in [0.717, 1.165) is 0 Å². The minimum absolute atomic E-state index is 0.147. The van der Waals surface area contributed by atoms with Crippen molar-refractivity contribution in [1.29, 1.82) is 0 Å². The van der Waals surface area contributed by atoms with Gasteiger partial charge >= 0.3 is 0 Å². The molecule has 20 heavy (non-hydrogen) atoms. The topological polar surface area (TPSA) is 95.4 Å². The second-order valence-electron chi connectivity index (χ2n) is 6.09. The lowest BCUT2D eigenvalue weighted by molar-refractivity contribution is 0.328. The van der Waals surface area contributed by atoms with Crippen LogP contribution >= 0.6 is 0 Å². The van der Waals surface area contributed by atoms with Crippen LogP contribution < -0.4 is 5.14 Å². The van der Waals surface area contributed by atoms with Gasteiger partial charge in [-0.2, -0.15) is 0 Å². The van der Waals surface area contributed by atoms with Crippen molar-refractivity contribution in [1.82, 2.24) is 5.16 Å². The molecule has 1 aromatic rings. The van der Waals surface area contributed by atoms with Crippen LogP contribution in [0, 0.1) is 0 Å². The summed E-state index contributed by atoms with van der Waals surface area (Å²) in [4.78, 5) is 0. The van der Waals surface area contributed by atoms with Crippen LogP contribution in [0.5, 0.6) is 0 Å². The number of sulfonamides is 1. The normalized spacial score (nSPS) is 14.1. The van der Waals surface area contributed by atoms with Crippen molar-refractivity contribution < 1.29 is 17.4 Å². The Bertz CT molecular complexity index is 585. The van der Waals surface area contributed by atoms with Gasteiger partial charge < -0.3 is 8.95 Å². The van der Waals surface area contributed by atoms with Crippen molar-refractivity contribution in [3.05, 3.63) is 17.9 Å². The highest BCUT2D eigenvalue weighted by molar-refractivity contribution is 7.89. The minimum Gasteiger partial charge on any atom is -0.413 e. The second-order valence-corrected chi connectivity index (χ2v) is 12.4. The summed E-state index contributed by atoms with van der Waals surface area (Å²) in [5.41, 5.74) is 0. The molecule has 0 saturated heterocycles. The summed E-state index contributed by atoms with van der Waals surface area (Å²) in [6, 6.07) is 1.28. The maximum Gasteiger partial charge on any atom is 0.259 e. The summed E-state index contributed by atoms with van der Waals surface area (Å²) in [6.45, 7) is 11.3. The van der Waals surface area contributed by atoms with Crippen LogP contribution in [0.25, 0.3) is 6.08 Å². The molecule has 0 amide bonds. The summed E-state index contributed by atoms with van der Waals surface area (Å²) in [5, 5.41) is 8.19. The average Bonchev–Trinajstić information content (AvgIpc) is 2.71. The first-order valence-corrected chi connectivity index (χ1v) is 10.7. The Morgan fingerprint density at radius 1 is 1.45 bits per heavy atom. The van der Waals surface area contributed by atoms with Crippen LogP contribution in [-0.4, -0.2) is 28.5 Å². The standard InChI is InChI=1S/C12H22N2O4SSi/c1-12(2,3)20(4,5)17-8-6-7-10-9-11(14-18-10)19(13,15)16/h6-7,9H,8H2,1-5H3,(H2,13,15,16)/b7-6-. The molecule has 0 aliphatic heterocycles. The first kappa shape index (κ1) is 17.1. The molecular formula is C12H22N2O4SSi. The lowest BCUT2D eigenvalue weighted by Gasteiger charge is -2.35. The quantitative estimate of drug-likeness (QED) is 0.841. The van der Waals surface area contributed by atoms with Crippen LogP contribution in [0.15, 0.2) is 21.7 Å². The van der Waals surface area contributed by atoms with E-state index in [1.807, 2.05) is 0 Å². The van der Waals surface area contributed by atoms with E-state index in [0.29, 0.717) is 12.4 Å². The fourth-order valence-corrected chi connectivity index (χ4v) is 2.49. The van der Waals surface area contributed by atoms with Crippen LogP contribution in [0.3, 0.4) is 0 Å². The fourth-order valence-electron chi connectivity index (χ4n) is 1.12. The first-order valence-electron chi connectivity index (χ1n) is 6.23. The van der Waals surface area contributed by atoms with E-state index in [9.17, 15) is 8.42 Å². The number of aromatic nitrogens is 1. The van der Waals surface area contributed by atoms with E-state index in [4.69, 9.17) is 14.1 Å². The fraction of sp³-hybridized carbons (Fsp3) is 0.583. The lowest BCUT2D eigenvalue weighted by Crippen LogP contribution is -2.40. The van der Waals surface area contributed by atoms with Crippen molar-refractivity contribution in [2.45, 2.75) is 43.9 Å². The summed E-state index contributed by atoms with van der Waals surface area (Å²) >= 11 is 0. The van der Waals surface area contributed by atoms with Gasteiger partial charge in [-0.1, -0.05) is 32.0 Å². The number of nitrogens with two attached hydrogens (primary N) is 1. The van der Waals surface area contributed by atoms with E-state index in [1.54, 1.807) is 12.2 Å². The summed E-state index contributed by atoms with van der Waals surface area (Å²) in [7, 11) is -5.60. The third-order valence-corrected chi connectivity index (χ3v) is 8.70. The molecule has 0 aromatic carbocycles. The zero-order valence-corrected chi connectivity index (χ0v) is 14.3. The summed E-state index contributed by atoms with van der Waals surface area (Å²) in [6.07, 6.45) is 3.39. The third kappa shape index (κ3) is 4.55. The molecular weight excluding hydrogens is 296 g/mol. The Balaban J connectivity index is 2.61. The van der Waals surface area contributed by atoms with Gasteiger partial charge in [-0.15, -0.1) is 0 Å². The molecule has 6 nitrogen and oxygen atoms in total. The zero-order valence-electron chi connectivity index (χ0n) is 12.5. The molecule has 2 N–H and O–H groups in total. The number of hydrogen-bond acceptors (Lipinski definition) is 5. The van der Waals surface area contributed by atoms with E-state index in [1.165, 1.54) is 6.07 Å². The smallest absolute Gasteiger partial charge is 0.259 e. The van der Waals surface area contributed by atoms with Gasteiger partial charge in [0, 0.05) is 6.07 Å². The highest BCUT2D eigenvalue weighted by Crippen LogP contribution is 2.36. The molecule has 0 saturated carbocycles. The number of hydrogen-bond donors (Lipinski definition) is 1. The molecule has 0 aliphatic carbocycles. The molecule has 0 aliphatic rings. The predicted molar refractivity (Wildman–Crippen MR) is 80.1 cm³/mol. The average molecular weight is 318 g/mol. The van der Waals surface area contributed by atoms with Crippen molar-refractivity contribution >= 4 is 24.4 Å². The minimum atomic E-state index is -3.82. The van der Waals surface area contributed by atoms with E-state index in [2.05, 4.69) is 39.0 Å². The number of primary sulfonamides is 1. The molecule has 114 valence electrons. The molecule has 0 spiro atoms. The van der Waals surface area contributed by atoms with Crippen molar-refractivity contribution in [3.63, 3.8) is 0 Å². The van der Waals surface area contributed by atoms with E-state index >= 15 is 0 Å². The lowest BCUT2D eigenvalue weighted by atomic mass is 10.2. The number of rotatable bonds is 5. The molecule has 0 fully saturated rings. The van der Waals surface area contributed by atoms with Crippen molar-refractivity contribution in [2.24, 2.45) is 5.14 Å². The van der Waals surface area contributed by atoms with Crippen LogP contribution in [0.1, 0.15) is 26.5 Å². The molecule has 0 bridgehead atoms. The van der Waals surface area contributed by atoms with Gasteiger partial charge in [0.1, 0.15) is 0 Å².